The van der Waals surface area contributed by atoms with Crippen LogP contribution in [-0.2, 0) is 85.7 Å². The van der Waals surface area contributed by atoms with Gasteiger partial charge in [-0.15, -0.1) is 0 Å². The minimum Gasteiger partial charge on any atom is -0.691 e. The molecule has 0 amide bonds. The van der Waals surface area contributed by atoms with E-state index in [9.17, 15) is 0 Å². The molecule has 11 heteroatoms. The van der Waals surface area contributed by atoms with E-state index in [1.165, 1.54) is 0 Å². The molecular formula is C20H44O4P2S4Zn. The molecule has 0 N–H and O–H groups in total. The van der Waals surface area contributed by atoms with E-state index in [4.69, 9.17) is 66.2 Å². The van der Waals surface area contributed by atoms with Gasteiger partial charge in [-0.3, -0.25) is 0 Å². The smallest absolute Gasteiger partial charge is 0.691 e. The molecule has 0 saturated heterocycles. The van der Waals surface area contributed by atoms with Crippen molar-refractivity contribution in [2.45, 2.75) is 119 Å². The van der Waals surface area contributed by atoms with Crippen LogP contribution >= 0.6 is 11.4 Å². The van der Waals surface area contributed by atoms with Crippen molar-refractivity contribution in [1.29, 1.82) is 0 Å². The molecule has 0 aromatic heterocycles. The normalized spacial score (nSPS) is 19.3. The summed E-state index contributed by atoms with van der Waals surface area (Å²) in [4.78, 5) is 0. The molecular weight excluding hydrogens is 560 g/mol. The first-order chi connectivity index (χ1) is 13.5. The van der Waals surface area contributed by atoms with Gasteiger partial charge in [0, 0.05) is 0 Å². The molecule has 0 aromatic carbocycles. The number of rotatable bonds is 14. The Labute approximate surface area is 226 Å². The molecule has 184 valence electrons. The summed E-state index contributed by atoms with van der Waals surface area (Å²) in [6.07, 6.45) is 4.15. The molecule has 0 radical (unpaired) electrons. The van der Waals surface area contributed by atoms with Crippen LogP contribution in [0.2, 0.25) is 0 Å². The van der Waals surface area contributed by atoms with Crippen LogP contribution in [0.15, 0.2) is 0 Å². The third-order valence-electron chi connectivity index (χ3n) is 3.99. The molecule has 0 saturated carbocycles. The van der Waals surface area contributed by atoms with Gasteiger partial charge in [0.05, 0.1) is 35.8 Å². The molecule has 0 aliphatic carbocycles. The molecule has 6 unspecified atom stereocenters. The van der Waals surface area contributed by atoms with Gasteiger partial charge in [-0.25, -0.2) is 0 Å². The number of hydrogen-bond acceptors (Lipinski definition) is 8. The van der Waals surface area contributed by atoms with Crippen molar-refractivity contribution >= 4 is 59.5 Å². The van der Waals surface area contributed by atoms with Crippen molar-refractivity contribution in [3.05, 3.63) is 0 Å². The Kier molecular flexibility index (Phi) is 24.1. The predicted octanol–water partition coefficient (Wildman–Crippen LogP) is 8.05. The summed E-state index contributed by atoms with van der Waals surface area (Å²) in [6.45, 7) is 20.7. The average molecular weight is 604 g/mol. The van der Waals surface area contributed by atoms with E-state index in [0.29, 0.717) is 11.8 Å². The van der Waals surface area contributed by atoms with Crippen molar-refractivity contribution in [3.63, 3.8) is 0 Å². The Morgan fingerprint density at radius 1 is 0.581 bits per heavy atom. The van der Waals surface area contributed by atoms with E-state index in [1.54, 1.807) is 0 Å². The van der Waals surface area contributed by atoms with Crippen LogP contribution in [0, 0.1) is 11.8 Å². The maximum Gasteiger partial charge on any atom is 2.00 e. The fraction of sp³-hybridized carbons (Fsp3) is 1.00. The Bertz CT molecular complexity index is 495. The zero-order valence-electron chi connectivity index (χ0n) is 21.2. The Balaban J connectivity index is -0.000000490. The summed E-state index contributed by atoms with van der Waals surface area (Å²) in [7, 11) is 0. The predicted molar refractivity (Wildman–Crippen MR) is 145 cm³/mol. The molecule has 0 spiro atoms. The van der Waals surface area contributed by atoms with E-state index in [-0.39, 0.29) is 43.9 Å². The van der Waals surface area contributed by atoms with Crippen LogP contribution in [0.25, 0.3) is 0 Å². The first-order valence-corrected chi connectivity index (χ1v) is 18.2. The van der Waals surface area contributed by atoms with Crippen LogP contribution in [0.4, 0.5) is 0 Å². The van der Waals surface area contributed by atoms with Gasteiger partial charge in [-0.05, 0) is 65.2 Å². The molecule has 0 aromatic rings. The Hall–Kier alpha value is 2.46. The first kappa shape index (κ1) is 38.0. The van der Waals surface area contributed by atoms with E-state index in [0.717, 1.165) is 25.7 Å². The summed E-state index contributed by atoms with van der Waals surface area (Å²) < 4.78 is 22.4. The van der Waals surface area contributed by atoms with Crippen LogP contribution in [0.5, 0.6) is 0 Å². The van der Waals surface area contributed by atoms with Crippen LogP contribution in [0.3, 0.4) is 0 Å². The second kappa shape index (κ2) is 19.6. The van der Waals surface area contributed by atoms with Gasteiger partial charge < -0.3 is 42.6 Å². The van der Waals surface area contributed by atoms with Crippen LogP contribution < -0.4 is 0 Å². The van der Waals surface area contributed by atoms with Gasteiger partial charge in [0.2, 0.25) is 0 Å². The molecule has 6 atom stereocenters. The first-order valence-electron chi connectivity index (χ1n) is 10.9. The standard InChI is InChI=1S/2C10H23O2PS2.Zn/c2*1-6-9(4)11-13(14,15)12-10(5)7-8(2)3;/h2*8-10H,6-7H2,1-5H3,(H,14,15);/q;;+2/p-2. The summed E-state index contributed by atoms with van der Waals surface area (Å²) in [5.41, 5.74) is -4.92. The minimum atomic E-state index is -2.46. The van der Waals surface area contributed by atoms with Crippen LogP contribution in [0.1, 0.15) is 94.9 Å². The summed E-state index contributed by atoms with van der Waals surface area (Å²) in [6, 6.07) is 0. The quantitative estimate of drug-likeness (QED) is 0.112. The monoisotopic (exact) mass is 602 g/mol. The summed E-state index contributed by atoms with van der Waals surface area (Å²) in [5.74, 6) is 1.18. The fourth-order valence-electron chi connectivity index (χ4n) is 2.49. The van der Waals surface area contributed by atoms with E-state index in [1.807, 2.05) is 41.5 Å². The van der Waals surface area contributed by atoms with Crippen molar-refractivity contribution < 1.29 is 37.6 Å². The topological polar surface area (TPSA) is 36.9 Å². The van der Waals surface area contributed by atoms with E-state index < -0.39 is 11.4 Å². The molecule has 0 fully saturated rings. The van der Waals surface area contributed by atoms with Gasteiger partial charge in [0.25, 0.3) is 0 Å². The molecule has 0 aliphatic rings. The van der Waals surface area contributed by atoms with E-state index in [2.05, 4.69) is 27.7 Å². The van der Waals surface area contributed by atoms with E-state index >= 15 is 0 Å². The van der Waals surface area contributed by atoms with Crippen molar-refractivity contribution in [2.75, 3.05) is 0 Å². The van der Waals surface area contributed by atoms with Gasteiger partial charge in [0.1, 0.15) is 0 Å². The average Bonchev–Trinajstić information content (AvgIpc) is 2.51. The largest absolute Gasteiger partial charge is 2.00 e. The molecule has 4 nitrogen and oxygen atoms in total. The van der Waals surface area contributed by atoms with Crippen LogP contribution in [-0.4, -0.2) is 24.4 Å². The van der Waals surface area contributed by atoms with Crippen molar-refractivity contribution in [1.82, 2.24) is 0 Å². The molecule has 0 heterocycles. The molecule has 0 aliphatic heterocycles. The summed E-state index contributed by atoms with van der Waals surface area (Å²) >= 11 is 20.8. The van der Waals surface area contributed by atoms with Gasteiger partial charge in [0.15, 0.2) is 0 Å². The van der Waals surface area contributed by atoms with Crippen molar-refractivity contribution in [3.8, 4) is 0 Å². The second-order valence-corrected chi connectivity index (χ2v) is 18.4. The Morgan fingerprint density at radius 2 is 0.806 bits per heavy atom. The van der Waals surface area contributed by atoms with Gasteiger partial charge >= 0.3 is 19.5 Å². The molecule has 31 heavy (non-hydrogen) atoms. The minimum absolute atomic E-state index is 0. The van der Waals surface area contributed by atoms with Gasteiger partial charge in [-0.1, -0.05) is 65.2 Å². The third kappa shape index (κ3) is 25.4. The van der Waals surface area contributed by atoms with Crippen molar-refractivity contribution in [2.24, 2.45) is 11.8 Å². The maximum atomic E-state index is 5.64. The molecule has 0 bridgehead atoms. The number of hydrogen-bond donors (Lipinski definition) is 0. The summed E-state index contributed by atoms with van der Waals surface area (Å²) in [5, 5.41) is 0. The third-order valence-corrected chi connectivity index (χ3v) is 8.53. The zero-order chi connectivity index (χ0) is 24.1. The molecule has 0 rings (SSSR count). The SMILES string of the molecule is CCC(C)OP(=S)([S-])OC(C)CC(C)C.CCC(C)OP(=S)([S-])OC(C)CC(C)C.[Zn+2]. The zero-order valence-corrected chi connectivity index (χ0v) is 29.2. The maximum absolute atomic E-state index is 5.64. The van der Waals surface area contributed by atoms with Gasteiger partial charge in [-0.2, -0.15) is 0 Å². The second-order valence-electron chi connectivity index (χ2n) is 8.63. The fourth-order valence-corrected chi connectivity index (χ4v) is 8.35. The Morgan fingerprint density at radius 3 is 1.00 bits per heavy atom.